The van der Waals surface area contributed by atoms with E-state index in [1.54, 1.807) is 24.4 Å². The summed E-state index contributed by atoms with van der Waals surface area (Å²) in [6.45, 7) is 3.83. The van der Waals surface area contributed by atoms with Gasteiger partial charge in [0.2, 0.25) is 0 Å². The van der Waals surface area contributed by atoms with Crippen molar-refractivity contribution in [3.63, 3.8) is 0 Å². The van der Waals surface area contributed by atoms with Crippen molar-refractivity contribution in [3.8, 4) is 17.1 Å². The van der Waals surface area contributed by atoms with Crippen LogP contribution >= 0.6 is 0 Å². The molecule has 3 aromatic rings. The van der Waals surface area contributed by atoms with E-state index in [-0.39, 0.29) is 5.75 Å². The highest BCUT2D eigenvalue weighted by atomic mass is 16.3. The van der Waals surface area contributed by atoms with Crippen LogP contribution in [0, 0.1) is 0 Å². The van der Waals surface area contributed by atoms with Gasteiger partial charge in [-0.1, -0.05) is 12.1 Å². The number of aromatic nitrogens is 3. The summed E-state index contributed by atoms with van der Waals surface area (Å²) in [6, 6.07) is 10.9. The summed E-state index contributed by atoms with van der Waals surface area (Å²) in [5.74, 6) is 1.69. The van der Waals surface area contributed by atoms with Gasteiger partial charge in [-0.3, -0.25) is 4.98 Å². The molecule has 3 heterocycles. The topological polar surface area (TPSA) is 65.4 Å². The maximum absolute atomic E-state index is 9.75. The Labute approximate surface area is 140 Å². The van der Waals surface area contributed by atoms with E-state index < -0.39 is 0 Å². The van der Waals surface area contributed by atoms with Crippen molar-refractivity contribution < 1.29 is 5.11 Å². The van der Waals surface area contributed by atoms with Crippen molar-refractivity contribution in [2.75, 3.05) is 38.1 Å². The van der Waals surface area contributed by atoms with Gasteiger partial charge in [0.1, 0.15) is 11.3 Å². The number of nitrogens with zero attached hydrogens (tertiary/aromatic N) is 5. The predicted octanol–water partition coefficient (Wildman–Crippen LogP) is 2.15. The number of rotatable bonds is 2. The van der Waals surface area contributed by atoms with Crippen LogP contribution in [0.2, 0.25) is 0 Å². The smallest absolute Gasteiger partial charge is 0.162 e. The first-order valence-electron chi connectivity index (χ1n) is 8.06. The highest BCUT2D eigenvalue weighted by Crippen LogP contribution is 2.28. The van der Waals surface area contributed by atoms with Gasteiger partial charge in [0.25, 0.3) is 0 Å². The van der Waals surface area contributed by atoms with Gasteiger partial charge in [0, 0.05) is 37.9 Å². The Morgan fingerprint density at radius 1 is 1.00 bits per heavy atom. The largest absolute Gasteiger partial charge is 0.508 e. The molecule has 4 rings (SSSR count). The van der Waals surface area contributed by atoms with Gasteiger partial charge in [-0.05, 0) is 31.3 Å². The molecule has 0 aliphatic carbocycles. The Morgan fingerprint density at radius 3 is 2.62 bits per heavy atom. The summed E-state index contributed by atoms with van der Waals surface area (Å²) < 4.78 is 0. The molecule has 0 atom stereocenters. The Balaban J connectivity index is 1.85. The van der Waals surface area contributed by atoms with Gasteiger partial charge in [-0.15, -0.1) is 0 Å². The molecule has 6 heteroatoms. The number of likely N-dealkylation sites (N-methyl/N-ethyl adjacent to an activating group) is 1. The molecule has 0 amide bonds. The minimum Gasteiger partial charge on any atom is -0.508 e. The molecule has 0 bridgehead atoms. The van der Waals surface area contributed by atoms with Gasteiger partial charge in [0.15, 0.2) is 11.6 Å². The molecule has 0 unspecified atom stereocenters. The molecule has 0 saturated carbocycles. The second-order valence-electron chi connectivity index (χ2n) is 6.08. The molecule has 1 aliphatic rings. The maximum atomic E-state index is 9.75. The third-order valence-electron chi connectivity index (χ3n) is 4.34. The van der Waals surface area contributed by atoms with Crippen molar-refractivity contribution >= 4 is 16.9 Å². The molecular formula is C18H19N5O. The van der Waals surface area contributed by atoms with E-state index in [0.29, 0.717) is 5.82 Å². The summed E-state index contributed by atoms with van der Waals surface area (Å²) >= 11 is 0. The molecular weight excluding hydrogens is 302 g/mol. The van der Waals surface area contributed by atoms with E-state index >= 15 is 0 Å². The number of benzene rings is 1. The molecule has 24 heavy (non-hydrogen) atoms. The fourth-order valence-corrected chi connectivity index (χ4v) is 2.96. The molecule has 2 aromatic heterocycles. The maximum Gasteiger partial charge on any atom is 0.162 e. The summed E-state index contributed by atoms with van der Waals surface area (Å²) in [6.07, 6.45) is 1.78. The zero-order valence-electron chi connectivity index (χ0n) is 13.6. The average molecular weight is 321 g/mol. The molecule has 0 radical (unpaired) electrons. The zero-order valence-corrected chi connectivity index (χ0v) is 13.6. The molecule has 0 spiro atoms. The molecule has 1 aromatic carbocycles. The first kappa shape index (κ1) is 14.8. The van der Waals surface area contributed by atoms with Crippen LogP contribution in [-0.2, 0) is 0 Å². The van der Waals surface area contributed by atoms with E-state index in [4.69, 9.17) is 4.98 Å². The number of phenols is 1. The first-order chi connectivity index (χ1) is 11.7. The molecule has 1 fully saturated rings. The molecule has 1 N–H and O–H groups in total. The number of hydrogen-bond donors (Lipinski definition) is 1. The van der Waals surface area contributed by atoms with Crippen LogP contribution in [-0.4, -0.2) is 58.2 Å². The standard InChI is InChI=1S/C18H19N5O/c1-22-8-10-23(11-9-22)18-16-15(6-3-7-19-16)20-17(21-18)13-4-2-5-14(24)12-13/h2-7,12,24H,8-11H2,1H3. The fourth-order valence-electron chi connectivity index (χ4n) is 2.96. The number of pyridine rings is 1. The lowest BCUT2D eigenvalue weighted by Gasteiger charge is -2.33. The van der Waals surface area contributed by atoms with E-state index in [1.807, 2.05) is 18.2 Å². The lowest BCUT2D eigenvalue weighted by molar-refractivity contribution is 0.312. The zero-order chi connectivity index (χ0) is 16.5. The molecule has 1 aliphatic heterocycles. The number of phenolic OH excluding ortho intramolecular Hbond substituents is 1. The Morgan fingerprint density at radius 2 is 1.83 bits per heavy atom. The average Bonchev–Trinajstić information content (AvgIpc) is 2.61. The monoisotopic (exact) mass is 321 g/mol. The summed E-state index contributed by atoms with van der Waals surface area (Å²) in [4.78, 5) is 18.5. The highest BCUT2D eigenvalue weighted by Gasteiger charge is 2.20. The normalized spacial score (nSPS) is 15.8. The number of hydrogen-bond acceptors (Lipinski definition) is 6. The Bertz CT molecular complexity index is 874. The summed E-state index contributed by atoms with van der Waals surface area (Å²) in [5, 5.41) is 9.75. The van der Waals surface area contributed by atoms with E-state index in [2.05, 4.69) is 26.8 Å². The number of piperazine rings is 1. The Kier molecular flexibility index (Phi) is 3.74. The second kappa shape index (κ2) is 6.05. The second-order valence-corrected chi connectivity index (χ2v) is 6.08. The van der Waals surface area contributed by atoms with Crippen LogP contribution in [0.1, 0.15) is 0 Å². The molecule has 6 nitrogen and oxygen atoms in total. The van der Waals surface area contributed by atoms with Crippen molar-refractivity contribution in [1.82, 2.24) is 19.9 Å². The van der Waals surface area contributed by atoms with Crippen LogP contribution in [0.5, 0.6) is 5.75 Å². The summed E-state index contributed by atoms with van der Waals surface area (Å²) in [7, 11) is 2.13. The van der Waals surface area contributed by atoms with Crippen molar-refractivity contribution in [2.24, 2.45) is 0 Å². The number of fused-ring (bicyclic) bond motifs is 1. The van der Waals surface area contributed by atoms with Gasteiger partial charge in [-0.25, -0.2) is 9.97 Å². The number of anilines is 1. The molecule has 1 saturated heterocycles. The minimum atomic E-state index is 0.212. The van der Waals surface area contributed by atoms with Gasteiger partial charge in [-0.2, -0.15) is 0 Å². The highest BCUT2D eigenvalue weighted by molar-refractivity contribution is 5.87. The van der Waals surface area contributed by atoms with Crippen molar-refractivity contribution in [1.29, 1.82) is 0 Å². The first-order valence-corrected chi connectivity index (χ1v) is 8.06. The van der Waals surface area contributed by atoms with Crippen LogP contribution in [0.25, 0.3) is 22.4 Å². The SMILES string of the molecule is CN1CCN(c2nc(-c3cccc(O)c3)nc3cccnc23)CC1. The van der Waals surface area contributed by atoms with E-state index in [1.165, 1.54) is 0 Å². The van der Waals surface area contributed by atoms with Crippen molar-refractivity contribution in [2.45, 2.75) is 0 Å². The van der Waals surface area contributed by atoms with Crippen molar-refractivity contribution in [3.05, 3.63) is 42.6 Å². The molecule has 122 valence electrons. The Hall–Kier alpha value is -2.73. The van der Waals surface area contributed by atoms with Crippen LogP contribution in [0.15, 0.2) is 42.6 Å². The predicted molar refractivity (Wildman–Crippen MR) is 94.1 cm³/mol. The van der Waals surface area contributed by atoms with Gasteiger partial charge >= 0.3 is 0 Å². The van der Waals surface area contributed by atoms with Gasteiger partial charge < -0.3 is 14.9 Å². The number of aromatic hydroxyl groups is 1. The quantitative estimate of drug-likeness (QED) is 0.780. The van der Waals surface area contributed by atoms with Crippen LogP contribution in [0.4, 0.5) is 5.82 Å². The fraction of sp³-hybridized carbons (Fsp3) is 0.278. The minimum absolute atomic E-state index is 0.212. The van der Waals surface area contributed by atoms with Crippen LogP contribution in [0.3, 0.4) is 0 Å². The van der Waals surface area contributed by atoms with Crippen LogP contribution < -0.4 is 4.90 Å². The lowest BCUT2D eigenvalue weighted by atomic mass is 10.2. The van der Waals surface area contributed by atoms with Gasteiger partial charge in [0.05, 0.1) is 5.52 Å². The third-order valence-corrected chi connectivity index (χ3v) is 4.34. The summed E-state index contributed by atoms with van der Waals surface area (Å²) in [5.41, 5.74) is 2.45. The lowest BCUT2D eigenvalue weighted by Crippen LogP contribution is -2.45. The van der Waals surface area contributed by atoms with E-state index in [0.717, 1.165) is 48.6 Å². The van der Waals surface area contributed by atoms with E-state index in [9.17, 15) is 5.11 Å². The third kappa shape index (κ3) is 2.76.